The molecule has 0 saturated carbocycles. The van der Waals surface area contributed by atoms with Crippen molar-refractivity contribution in [3.8, 4) is 0 Å². The number of amides is 2. The van der Waals surface area contributed by atoms with Gasteiger partial charge in [0.15, 0.2) is 0 Å². The highest BCUT2D eigenvalue weighted by Crippen LogP contribution is 2.28. The van der Waals surface area contributed by atoms with Crippen LogP contribution in [0.3, 0.4) is 0 Å². The van der Waals surface area contributed by atoms with Gasteiger partial charge in [-0.25, -0.2) is 0 Å². The van der Waals surface area contributed by atoms with Crippen LogP contribution in [0.5, 0.6) is 0 Å². The van der Waals surface area contributed by atoms with E-state index < -0.39 is 6.04 Å². The molecule has 3 rings (SSSR count). The fraction of sp³-hybridized carbons (Fsp3) is 0.200. The van der Waals surface area contributed by atoms with Gasteiger partial charge in [-0.3, -0.25) is 9.59 Å². The van der Waals surface area contributed by atoms with Gasteiger partial charge in [-0.05, 0) is 35.4 Å². The average molecular weight is 524 g/mol. The van der Waals surface area contributed by atoms with E-state index in [1.807, 2.05) is 30.3 Å². The molecule has 0 fully saturated rings. The maximum atomic E-state index is 13.6. The van der Waals surface area contributed by atoms with Crippen molar-refractivity contribution >= 4 is 58.2 Å². The van der Waals surface area contributed by atoms with E-state index in [-0.39, 0.29) is 24.8 Å². The number of benzene rings is 3. The van der Waals surface area contributed by atoms with Crippen molar-refractivity contribution in [1.29, 1.82) is 0 Å². The first-order valence-electron chi connectivity index (χ1n) is 10.2. The summed E-state index contributed by atoms with van der Waals surface area (Å²) in [4.78, 5) is 28.1. The molecule has 3 aromatic rings. The number of nitrogens with one attached hydrogen (secondary N) is 1. The first-order valence-corrected chi connectivity index (χ1v) is 11.7. The van der Waals surface area contributed by atoms with Crippen LogP contribution in [0.2, 0.25) is 20.1 Å². The lowest BCUT2D eigenvalue weighted by atomic mass is 10.0. The predicted octanol–water partition coefficient (Wildman–Crippen LogP) is 6.23. The second-order valence-corrected chi connectivity index (χ2v) is 9.11. The molecule has 0 aliphatic carbocycles. The minimum atomic E-state index is -0.789. The van der Waals surface area contributed by atoms with Gasteiger partial charge in [-0.15, -0.1) is 0 Å². The molecule has 0 heterocycles. The Labute approximate surface area is 213 Å². The van der Waals surface area contributed by atoms with Gasteiger partial charge in [0.1, 0.15) is 6.04 Å². The molecule has 172 valence electrons. The van der Waals surface area contributed by atoms with E-state index in [2.05, 4.69) is 5.32 Å². The number of hydrogen-bond donors (Lipinski definition) is 1. The van der Waals surface area contributed by atoms with Gasteiger partial charge in [0.2, 0.25) is 11.8 Å². The predicted molar refractivity (Wildman–Crippen MR) is 135 cm³/mol. The minimum Gasteiger partial charge on any atom is -0.357 e. The summed E-state index contributed by atoms with van der Waals surface area (Å²) in [5.74, 6) is -0.586. The van der Waals surface area contributed by atoms with Crippen LogP contribution >= 0.6 is 46.4 Å². The monoisotopic (exact) mass is 522 g/mol. The van der Waals surface area contributed by atoms with Crippen molar-refractivity contribution in [1.82, 2.24) is 10.2 Å². The van der Waals surface area contributed by atoms with Gasteiger partial charge in [-0.1, -0.05) is 88.9 Å². The van der Waals surface area contributed by atoms with E-state index >= 15 is 0 Å². The Kier molecular flexibility index (Phi) is 9.04. The summed E-state index contributed by atoms with van der Waals surface area (Å²) in [5.41, 5.74) is 2.09. The summed E-state index contributed by atoms with van der Waals surface area (Å²) in [7, 11) is 1.54. The maximum Gasteiger partial charge on any atom is 0.242 e. The number of likely N-dealkylation sites (N-methyl/N-ethyl adjacent to an activating group) is 1. The number of nitrogens with zero attached hydrogens (tertiary/aromatic N) is 1. The lowest BCUT2D eigenvalue weighted by Crippen LogP contribution is -2.50. The molecule has 1 atom stereocenters. The molecule has 0 aromatic heterocycles. The van der Waals surface area contributed by atoms with E-state index in [9.17, 15) is 9.59 Å². The topological polar surface area (TPSA) is 49.4 Å². The van der Waals surface area contributed by atoms with E-state index in [4.69, 9.17) is 46.4 Å². The fourth-order valence-electron chi connectivity index (χ4n) is 3.50. The molecule has 2 amide bonds. The summed E-state index contributed by atoms with van der Waals surface area (Å²) >= 11 is 25.1. The summed E-state index contributed by atoms with van der Waals surface area (Å²) in [6.45, 7) is 0.0630. The number of rotatable bonds is 8. The largest absolute Gasteiger partial charge is 0.357 e. The molecule has 0 radical (unpaired) electrons. The van der Waals surface area contributed by atoms with Crippen LogP contribution in [-0.2, 0) is 29.0 Å². The Bertz CT molecular complexity index is 1120. The van der Waals surface area contributed by atoms with E-state index in [0.717, 1.165) is 5.56 Å². The van der Waals surface area contributed by atoms with E-state index in [1.165, 1.54) is 4.90 Å². The van der Waals surface area contributed by atoms with Gasteiger partial charge >= 0.3 is 0 Å². The molecule has 8 heteroatoms. The lowest BCUT2D eigenvalue weighted by molar-refractivity contribution is -0.140. The Hall–Kier alpha value is -2.24. The highest BCUT2D eigenvalue weighted by molar-refractivity contribution is 6.36. The summed E-state index contributed by atoms with van der Waals surface area (Å²) in [6, 6.07) is 18.8. The van der Waals surface area contributed by atoms with Crippen LogP contribution in [0.25, 0.3) is 0 Å². The second-order valence-electron chi connectivity index (χ2n) is 7.45. The highest BCUT2D eigenvalue weighted by Gasteiger charge is 2.31. The average Bonchev–Trinajstić information content (AvgIpc) is 2.79. The van der Waals surface area contributed by atoms with Crippen LogP contribution in [0.1, 0.15) is 16.7 Å². The van der Waals surface area contributed by atoms with Crippen molar-refractivity contribution in [2.24, 2.45) is 0 Å². The molecular weight excluding hydrogens is 502 g/mol. The van der Waals surface area contributed by atoms with E-state index in [1.54, 1.807) is 43.4 Å². The number of carbonyl (C=O) groups excluding carboxylic acids is 2. The Morgan fingerprint density at radius 3 is 2.15 bits per heavy atom. The Morgan fingerprint density at radius 1 is 0.879 bits per heavy atom. The molecular formula is C25H22Cl4N2O2. The molecule has 0 saturated heterocycles. The van der Waals surface area contributed by atoms with Crippen molar-refractivity contribution in [3.05, 3.63) is 104 Å². The van der Waals surface area contributed by atoms with Crippen molar-refractivity contribution in [2.45, 2.75) is 25.4 Å². The zero-order chi connectivity index (χ0) is 24.0. The number of halogens is 4. The normalized spacial score (nSPS) is 11.7. The molecule has 4 nitrogen and oxygen atoms in total. The van der Waals surface area contributed by atoms with Crippen molar-refractivity contribution in [3.63, 3.8) is 0 Å². The third-order valence-corrected chi connectivity index (χ3v) is 6.56. The Morgan fingerprint density at radius 2 is 1.55 bits per heavy atom. The smallest absolute Gasteiger partial charge is 0.242 e. The zero-order valence-corrected chi connectivity index (χ0v) is 20.8. The lowest BCUT2D eigenvalue weighted by Gasteiger charge is -2.32. The third-order valence-electron chi connectivity index (χ3n) is 5.26. The molecule has 1 N–H and O–H groups in total. The van der Waals surface area contributed by atoms with Gasteiger partial charge in [0.25, 0.3) is 0 Å². The van der Waals surface area contributed by atoms with Crippen LogP contribution in [-0.4, -0.2) is 29.8 Å². The first kappa shape index (κ1) is 25.4. The highest BCUT2D eigenvalue weighted by atomic mass is 35.5. The summed E-state index contributed by atoms with van der Waals surface area (Å²) in [5, 5.41) is 4.37. The fourth-order valence-corrected chi connectivity index (χ4v) is 4.50. The van der Waals surface area contributed by atoms with Gasteiger partial charge in [0, 0.05) is 45.7 Å². The summed E-state index contributed by atoms with van der Waals surface area (Å²) < 4.78 is 0. The van der Waals surface area contributed by atoms with E-state index in [0.29, 0.717) is 37.6 Å². The van der Waals surface area contributed by atoms with Gasteiger partial charge < -0.3 is 10.2 Å². The van der Waals surface area contributed by atoms with Crippen molar-refractivity contribution < 1.29 is 9.59 Å². The number of carbonyl (C=O) groups is 2. The van der Waals surface area contributed by atoms with Gasteiger partial charge in [0.05, 0.1) is 6.42 Å². The summed E-state index contributed by atoms with van der Waals surface area (Å²) in [6.07, 6.45) is 0.309. The standard InChI is InChI=1S/C25H22Cl4N2O2/c1-30-25(33)23(12-16-6-3-2-4-7-16)31(15-19-20(27)8-5-9-21(19)28)24(32)13-17-10-11-18(26)14-22(17)29/h2-11,14,23H,12-13,15H2,1H3,(H,30,33)/t23-/m1/s1. The molecule has 0 aliphatic rings. The molecule has 0 aliphatic heterocycles. The minimum absolute atomic E-state index is 0.0135. The van der Waals surface area contributed by atoms with Crippen LogP contribution < -0.4 is 5.32 Å². The number of hydrogen-bond acceptors (Lipinski definition) is 2. The quantitative estimate of drug-likeness (QED) is 0.380. The second kappa shape index (κ2) is 11.8. The van der Waals surface area contributed by atoms with Gasteiger partial charge in [-0.2, -0.15) is 0 Å². The molecule has 0 bridgehead atoms. The third kappa shape index (κ3) is 6.64. The Balaban J connectivity index is 2.01. The molecule has 0 unspecified atom stereocenters. The first-order chi connectivity index (χ1) is 15.8. The van der Waals surface area contributed by atoms with Crippen LogP contribution in [0.4, 0.5) is 0 Å². The van der Waals surface area contributed by atoms with Crippen LogP contribution in [0.15, 0.2) is 66.7 Å². The molecule has 0 spiro atoms. The zero-order valence-electron chi connectivity index (χ0n) is 17.8. The molecule has 3 aromatic carbocycles. The van der Waals surface area contributed by atoms with Crippen LogP contribution in [0, 0.1) is 0 Å². The SMILES string of the molecule is CNC(=O)[C@@H](Cc1ccccc1)N(Cc1c(Cl)cccc1Cl)C(=O)Cc1ccc(Cl)cc1Cl. The van der Waals surface area contributed by atoms with Crippen molar-refractivity contribution in [2.75, 3.05) is 7.05 Å². The maximum absolute atomic E-state index is 13.6. The molecule has 33 heavy (non-hydrogen) atoms.